The van der Waals surface area contributed by atoms with E-state index in [4.69, 9.17) is 4.74 Å². The van der Waals surface area contributed by atoms with Gasteiger partial charge in [0, 0.05) is 23.3 Å². The second-order valence-corrected chi connectivity index (χ2v) is 10.1. The maximum Gasteiger partial charge on any atom is 0.259 e. The highest BCUT2D eigenvalue weighted by Crippen LogP contribution is 2.49. The van der Waals surface area contributed by atoms with E-state index >= 15 is 0 Å². The zero-order chi connectivity index (χ0) is 25.4. The summed E-state index contributed by atoms with van der Waals surface area (Å²) in [7, 11) is 0. The molecule has 36 heavy (non-hydrogen) atoms. The quantitative estimate of drug-likeness (QED) is 0.460. The number of ketones is 1. The zero-order valence-corrected chi connectivity index (χ0v) is 20.7. The molecule has 1 aliphatic carbocycles. The van der Waals surface area contributed by atoms with Crippen molar-refractivity contribution in [1.29, 1.82) is 0 Å². The number of benzene rings is 3. The first kappa shape index (κ1) is 23.7. The van der Waals surface area contributed by atoms with E-state index in [1.807, 2.05) is 49.4 Å². The molecule has 3 aromatic rings. The van der Waals surface area contributed by atoms with Gasteiger partial charge in [0.15, 0.2) is 17.3 Å². The van der Waals surface area contributed by atoms with Crippen LogP contribution in [-0.2, 0) is 4.79 Å². The van der Waals surface area contributed by atoms with E-state index in [0.717, 1.165) is 11.4 Å². The lowest BCUT2D eigenvalue weighted by Crippen LogP contribution is -2.39. The number of allylic oxidation sites excluding steroid dienone is 1. The molecule has 0 fully saturated rings. The van der Waals surface area contributed by atoms with E-state index in [0.29, 0.717) is 47.6 Å². The number of phenolic OH excluding ortho intramolecular Hbond substituents is 1. The van der Waals surface area contributed by atoms with Crippen LogP contribution in [0.1, 0.15) is 55.6 Å². The molecule has 1 heterocycles. The minimum Gasteiger partial charge on any atom is -0.504 e. The van der Waals surface area contributed by atoms with Gasteiger partial charge in [-0.2, -0.15) is 0 Å². The molecule has 6 nitrogen and oxygen atoms in total. The van der Waals surface area contributed by atoms with Crippen LogP contribution in [0, 0.1) is 5.41 Å². The van der Waals surface area contributed by atoms with E-state index in [1.165, 1.54) is 0 Å². The standard InChI is InChI=1S/C30H30N2O4/c1-4-36-26-16-20(14-15-24(26)33)28-27-22(17-30(2,3)18-25(27)34)31-21-12-8-9-13-23(21)32(28)29(35)19-10-6-5-7-11-19/h5-16,28,31,33H,4,17-18H2,1-3H3. The molecule has 0 saturated carbocycles. The lowest BCUT2D eigenvalue weighted by Gasteiger charge is -2.37. The number of nitrogens with zero attached hydrogens (tertiary/aromatic N) is 1. The molecule has 5 rings (SSSR count). The summed E-state index contributed by atoms with van der Waals surface area (Å²) in [4.78, 5) is 29.7. The summed E-state index contributed by atoms with van der Waals surface area (Å²) in [6.07, 6.45) is 1.05. The van der Waals surface area contributed by atoms with Crippen LogP contribution in [0.3, 0.4) is 0 Å². The van der Waals surface area contributed by atoms with E-state index in [9.17, 15) is 14.7 Å². The molecule has 2 N–H and O–H groups in total. The van der Waals surface area contributed by atoms with Crippen LogP contribution < -0.4 is 15.0 Å². The van der Waals surface area contributed by atoms with E-state index < -0.39 is 6.04 Å². The van der Waals surface area contributed by atoms with Gasteiger partial charge in [-0.15, -0.1) is 0 Å². The molecule has 2 aliphatic rings. The highest BCUT2D eigenvalue weighted by atomic mass is 16.5. The molecule has 1 unspecified atom stereocenters. The number of para-hydroxylation sites is 2. The fraction of sp³-hybridized carbons (Fsp3) is 0.267. The van der Waals surface area contributed by atoms with E-state index in [1.54, 1.807) is 35.2 Å². The Morgan fingerprint density at radius 3 is 2.53 bits per heavy atom. The fourth-order valence-corrected chi connectivity index (χ4v) is 5.22. The number of Topliss-reactive ketones (excluding diaryl/α,β-unsaturated/α-hetero) is 1. The van der Waals surface area contributed by atoms with Crippen LogP contribution in [0.25, 0.3) is 0 Å². The Bertz CT molecular complexity index is 1360. The summed E-state index contributed by atoms with van der Waals surface area (Å²) in [5.41, 5.74) is 3.85. The molecular formula is C30H30N2O4. The van der Waals surface area contributed by atoms with Crippen molar-refractivity contribution in [2.75, 3.05) is 16.8 Å². The third kappa shape index (κ3) is 4.24. The van der Waals surface area contributed by atoms with Gasteiger partial charge in [-0.05, 0) is 60.7 Å². The van der Waals surface area contributed by atoms with Gasteiger partial charge in [-0.25, -0.2) is 0 Å². The summed E-state index contributed by atoms with van der Waals surface area (Å²) < 4.78 is 5.68. The average molecular weight is 483 g/mol. The summed E-state index contributed by atoms with van der Waals surface area (Å²) in [6.45, 7) is 6.39. The largest absolute Gasteiger partial charge is 0.504 e. The molecule has 1 amide bonds. The molecule has 184 valence electrons. The van der Waals surface area contributed by atoms with Crippen molar-refractivity contribution in [2.24, 2.45) is 5.41 Å². The molecule has 0 radical (unpaired) electrons. The van der Waals surface area contributed by atoms with Crippen molar-refractivity contribution >= 4 is 23.1 Å². The maximum absolute atomic E-state index is 14.2. The van der Waals surface area contributed by atoms with Gasteiger partial charge in [0.05, 0.1) is 24.0 Å². The first-order chi connectivity index (χ1) is 17.3. The predicted octanol–water partition coefficient (Wildman–Crippen LogP) is 6.25. The Morgan fingerprint density at radius 2 is 1.78 bits per heavy atom. The Labute approximate surface area is 211 Å². The summed E-state index contributed by atoms with van der Waals surface area (Å²) in [5.74, 6) is 0.119. The number of nitrogens with one attached hydrogen (secondary N) is 1. The normalized spacial score (nSPS) is 18.6. The first-order valence-electron chi connectivity index (χ1n) is 12.3. The molecule has 0 aromatic heterocycles. The van der Waals surface area contributed by atoms with Crippen LogP contribution in [-0.4, -0.2) is 23.4 Å². The number of anilines is 2. The van der Waals surface area contributed by atoms with Gasteiger partial charge in [0.25, 0.3) is 5.91 Å². The molecule has 0 spiro atoms. The SMILES string of the molecule is CCOc1cc(C2C3=C(CC(C)(C)CC3=O)Nc3ccccc3N2C(=O)c2ccccc2)ccc1O. The zero-order valence-electron chi connectivity index (χ0n) is 20.7. The Kier molecular flexibility index (Phi) is 6.04. The number of carbonyl (C=O) groups is 2. The molecule has 1 atom stereocenters. The van der Waals surface area contributed by atoms with Crippen molar-refractivity contribution in [3.8, 4) is 11.5 Å². The second-order valence-electron chi connectivity index (χ2n) is 10.1. The van der Waals surface area contributed by atoms with Crippen LogP contribution in [0.4, 0.5) is 11.4 Å². The number of ether oxygens (including phenoxy) is 1. The maximum atomic E-state index is 14.2. The van der Waals surface area contributed by atoms with Crippen molar-refractivity contribution in [1.82, 2.24) is 0 Å². The first-order valence-corrected chi connectivity index (χ1v) is 12.3. The molecule has 0 bridgehead atoms. The third-order valence-corrected chi connectivity index (χ3v) is 6.74. The monoisotopic (exact) mass is 482 g/mol. The van der Waals surface area contributed by atoms with Crippen molar-refractivity contribution in [3.05, 3.63) is 95.2 Å². The fourth-order valence-electron chi connectivity index (χ4n) is 5.22. The Morgan fingerprint density at radius 1 is 1.06 bits per heavy atom. The lowest BCUT2D eigenvalue weighted by atomic mass is 9.73. The number of amides is 1. The number of rotatable bonds is 4. The Balaban J connectivity index is 1.80. The van der Waals surface area contributed by atoms with Crippen molar-refractivity contribution in [2.45, 2.75) is 39.7 Å². The summed E-state index contributed by atoms with van der Waals surface area (Å²) in [5, 5.41) is 13.9. The highest BCUT2D eigenvalue weighted by Gasteiger charge is 2.43. The Hall–Kier alpha value is -4.06. The number of carbonyl (C=O) groups excluding carboxylic acids is 2. The second kappa shape index (κ2) is 9.19. The van der Waals surface area contributed by atoms with Gasteiger partial charge in [-0.1, -0.05) is 50.2 Å². The minimum absolute atomic E-state index is 0.00320. The van der Waals surface area contributed by atoms with Crippen molar-refractivity contribution < 1.29 is 19.4 Å². The smallest absolute Gasteiger partial charge is 0.259 e. The minimum atomic E-state index is -0.702. The van der Waals surface area contributed by atoms with Crippen LogP contribution in [0.15, 0.2) is 84.1 Å². The third-order valence-electron chi connectivity index (χ3n) is 6.74. The summed E-state index contributed by atoms with van der Waals surface area (Å²) in [6, 6.07) is 21.1. The van der Waals surface area contributed by atoms with Gasteiger partial charge in [0.1, 0.15) is 0 Å². The highest BCUT2D eigenvalue weighted by molar-refractivity contribution is 6.12. The predicted molar refractivity (Wildman–Crippen MR) is 140 cm³/mol. The van der Waals surface area contributed by atoms with Crippen LogP contribution in [0.5, 0.6) is 11.5 Å². The molecule has 3 aromatic carbocycles. The molecule has 6 heteroatoms. The topological polar surface area (TPSA) is 78.9 Å². The number of hydrogen-bond donors (Lipinski definition) is 2. The van der Waals surface area contributed by atoms with Gasteiger partial charge < -0.3 is 15.2 Å². The van der Waals surface area contributed by atoms with Gasteiger partial charge in [-0.3, -0.25) is 14.5 Å². The number of hydrogen-bond acceptors (Lipinski definition) is 5. The lowest BCUT2D eigenvalue weighted by molar-refractivity contribution is -0.118. The van der Waals surface area contributed by atoms with Crippen LogP contribution in [0.2, 0.25) is 0 Å². The molecule has 0 saturated heterocycles. The van der Waals surface area contributed by atoms with Crippen molar-refractivity contribution in [3.63, 3.8) is 0 Å². The van der Waals surface area contributed by atoms with Gasteiger partial charge in [0.2, 0.25) is 0 Å². The van der Waals surface area contributed by atoms with Crippen LogP contribution >= 0.6 is 0 Å². The molecule has 1 aliphatic heterocycles. The summed E-state index contributed by atoms with van der Waals surface area (Å²) >= 11 is 0. The van der Waals surface area contributed by atoms with E-state index in [2.05, 4.69) is 19.2 Å². The average Bonchev–Trinajstić information content (AvgIpc) is 2.99. The molecular weight excluding hydrogens is 452 g/mol. The number of aromatic hydroxyl groups is 1. The number of phenols is 1. The number of fused-ring (bicyclic) bond motifs is 1. The van der Waals surface area contributed by atoms with E-state index in [-0.39, 0.29) is 22.9 Å². The van der Waals surface area contributed by atoms with Gasteiger partial charge >= 0.3 is 0 Å².